The van der Waals surface area contributed by atoms with Crippen molar-refractivity contribution in [2.24, 2.45) is 0 Å². The summed E-state index contributed by atoms with van der Waals surface area (Å²) < 4.78 is 0. The fourth-order valence-electron chi connectivity index (χ4n) is 0.916. The summed E-state index contributed by atoms with van der Waals surface area (Å²) in [6.45, 7) is 1.73. The first kappa shape index (κ1) is 8.80. The third-order valence-electron chi connectivity index (χ3n) is 1.59. The number of nitrogens with zero attached hydrogens (tertiary/aromatic N) is 2. The smallest absolute Gasteiger partial charge is 0.142 e. The van der Waals surface area contributed by atoms with Crippen LogP contribution >= 0.6 is 22.7 Å². The first-order valence-corrected chi connectivity index (χ1v) is 5.55. The molecule has 1 unspecified atom stereocenters. The Labute approximate surface area is 83.7 Å². The Balaban J connectivity index is 2.33. The van der Waals surface area contributed by atoms with Crippen molar-refractivity contribution in [3.8, 4) is 10.7 Å². The van der Waals surface area contributed by atoms with E-state index in [9.17, 15) is 5.11 Å². The predicted molar refractivity (Wildman–Crippen MR) is 53.9 cm³/mol. The third-order valence-corrected chi connectivity index (χ3v) is 3.36. The average molecular weight is 212 g/mol. The van der Waals surface area contributed by atoms with E-state index in [0.717, 1.165) is 15.6 Å². The van der Waals surface area contributed by atoms with Crippen molar-refractivity contribution in [2.45, 2.75) is 13.0 Å². The van der Waals surface area contributed by atoms with Gasteiger partial charge in [0.25, 0.3) is 0 Å². The largest absolute Gasteiger partial charge is 0.388 e. The van der Waals surface area contributed by atoms with Crippen molar-refractivity contribution in [3.63, 3.8) is 0 Å². The van der Waals surface area contributed by atoms with Crippen molar-refractivity contribution >= 4 is 22.7 Å². The van der Waals surface area contributed by atoms with Crippen LogP contribution in [0.1, 0.15) is 17.9 Å². The monoisotopic (exact) mass is 212 g/mol. The van der Waals surface area contributed by atoms with E-state index < -0.39 is 6.10 Å². The highest BCUT2D eigenvalue weighted by atomic mass is 32.1. The molecule has 3 nitrogen and oxygen atoms in total. The maximum absolute atomic E-state index is 9.29. The van der Waals surface area contributed by atoms with Crippen molar-refractivity contribution in [1.29, 1.82) is 0 Å². The number of rotatable bonds is 2. The van der Waals surface area contributed by atoms with Gasteiger partial charge in [-0.1, -0.05) is 0 Å². The van der Waals surface area contributed by atoms with E-state index in [2.05, 4.69) is 9.97 Å². The SMILES string of the molecule is CC(O)c1cnc(-c2cscn2)s1. The Kier molecular flexibility index (Phi) is 2.39. The highest BCUT2D eigenvalue weighted by molar-refractivity contribution is 7.15. The van der Waals surface area contributed by atoms with Gasteiger partial charge in [-0.2, -0.15) is 0 Å². The minimum Gasteiger partial charge on any atom is -0.388 e. The van der Waals surface area contributed by atoms with Crippen molar-refractivity contribution < 1.29 is 5.11 Å². The topological polar surface area (TPSA) is 46.0 Å². The van der Waals surface area contributed by atoms with E-state index in [-0.39, 0.29) is 0 Å². The molecule has 0 aliphatic carbocycles. The Hall–Kier alpha value is -0.780. The van der Waals surface area contributed by atoms with Crippen LogP contribution in [-0.4, -0.2) is 15.1 Å². The lowest BCUT2D eigenvalue weighted by Gasteiger charge is -1.94. The molecule has 0 spiro atoms. The number of aromatic nitrogens is 2. The molecule has 2 rings (SSSR count). The van der Waals surface area contributed by atoms with Gasteiger partial charge in [-0.3, -0.25) is 0 Å². The van der Waals surface area contributed by atoms with Gasteiger partial charge in [0.15, 0.2) is 0 Å². The molecule has 0 aromatic carbocycles. The van der Waals surface area contributed by atoms with E-state index in [4.69, 9.17) is 0 Å². The van der Waals surface area contributed by atoms with Gasteiger partial charge in [0.2, 0.25) is 0 Å². The molecule has 0 aliphatic heterocycles. The van der Waals surface area contributed by atoms with Crippen molar-refractivity contribution in [1.82, 2.24) is 9.97 Å². The first-order chi connectivity index (χ1) is 6.27. The van der Waals surface area contributed by atoms with Crippen LogP contribution in [0.4, 0.5) is 0 Å². The molecule has 0 saturated heterocycles. The van der Waals surface area contributed by atoms with Gasteiger partial charge < -0.3 is 5.11 Å². The van der Waals surface area contributed by atoms with E-state index >= 15 is 0 Å². The lowest BCUT2D eigenvalue weighted by Crippen LogP contribution is -1.83. The fourth-order valence-corrected chi connectivity index (χ4v) is 2.35. The number of aliphatic hydroxyl groups is 1. The van der Waals surface area contributed by atoms with E-state index in [0.29, 0.717) is 0 Å². The molecule has 68 valence electrons. The minimum atomic E-state index is -0.440. The summed E-state index contributed by atoms with van der Waals surface area (Å²) in [6.07, 6.45) is 1.26. The molecule has 1 N–H and O–H groups in total. The molecule has 1 atom stereocenters. The van der Waals surface area contributed by atoms with Crippen LogP contribution in [0.5, 0.6) is 0 Å². The van der Waals surface area contributed by atoms with Gasteiger partial charge in [-0.25, -0.2) is 9.97 Å². The number of hydrogen-bond donors (Lipinski definition) is 1. The average Bonchev–Trinajstić information content (AvgIpc) is 2.75. The molecule has 0 bridgehead atoms. The summed E-state index contributed by atoms with van der Waals surface area (Å²) in [5, 5.41) is 12.1. The second kappa shape index (κ2) is 3.53. The summed E-state index contributed by atoms with van der Waals surface area (Å²) in [4.78, 5) is 9.20. The normalized spacial score (nSPS) is 13.1. The van der Waals surface area contributed by atoms with E-state index in [1.54, 1.807) is 30.0 Å². The maximum atomic E-state index is 9.29. The van der Waals surface area contributed by atoms with Crippen LogP contribution in [0.25, 0.3) is 10.7 Å². The summed E-state index contributed by atoms with van der Waals surface area (Å²) in [6, 6.07) is 0. The van der Waals surface area contributed by atoms with Gasteiger partial charge in [-0.05, 0) is 6.92 Å². The third kappa shape index (κ3) is 1.77. The molecule has 2 heterocycles. The number of aliphatic hydroxyl groups excluding tert-OH is 1. The summed E-state index contributed by atoms with van der Waals surface area (Å²) in [5.74, 6) is 0. The second-order valence-corrected chi connectivity index (χ2v) is 4.40. The molecular weight excluding hydrogens is 204 g/mol. The number of hydrogen-bond acceptors (Lipinski definition) is 5. The van der Waals surface area contributed by atoms with Crippen LogP contribution in [0, 0.1) is 0 Å². The van der Waals surface area contributed by atoms with Crippen LogP contribution in [0.2, 0.25) is 0 Å². The Morgan fingerprint density at radius 2 is 2.31 bits per heavy atom. The molecule has 5 heteroatoms. The predicted octanol–water partition coefficient (Wildman–Crippen LogP) is 2.32. The highest BCUT2D eigenvalue weighted by Crippen LogP contribution is 2.27. The van der Waals surface area contributed by atoms with Gasteiger partial charge in [0.1, 0.15) is 10.7 Å². The molecule has 13 heavy (non-hydrogen) atoms. The molecule has 2 aromatic heterocycles. The Morgan fingerprint density at radius 1 is 1.46 bits per heavy atom. The van der Waals surface area contributed by atoms with Crippen LogP contribution in [-0.2, 0) is 0 Å². The summed E-state index contributed by atoms with van der Waals surface area (Å²) in [5.41, 5.74) is 2.67. The van der Waals surface area contributed by atoms with Crippen molar-refractivity contribution in [3.05, 3.63) is 22.0 Å². The van der Waals surface area contributed by atoms with Gasteiger partial charge in [0, 0.05) is 11.6 Å². The molecule has 2 aromatic rings. The quantitative estimate of drug-likeness (QED) is 0.831. The van der Waals surface area contributed by atoms with Gasteiger partial charge >= 0.3 is 0 Å². The molecule has 0 fully saturated rings. The lowest BCUT2D eigenvalue weighted by atomic mass is 10.4. The zero-order chi connectivity index (χ0) is 9.26. The standard InChI is InChI=1S/C8H8N2OS2/c1-5(11)7-2-9-8(13-7)6-3-12-4-10-6/h2-5,11H,1H3. The van der Waals surface area contributed by atoms with Crippen LogP contribution < -0.4 is 0 Å². The second-order valence-electron chi connectivity index (χ2n) is 2.62. The molecule has 0 radical (unpaired) electrons. The molecular formula is C8H8N2OS2. The first-order valence-electron chi connectivity index (χ1n) is 3.79. The van der Waals surface area contributed by atoms with Crippen LogP contribution in [0.3, 0.4) is 0 Å². The van der Waals surface area contributed by atoms with Crippen LogP contribution in [0.15, 0.2) is 17.1 Å². The zero-order valence-corrected chi connectivity index (χ0v) is 8.60. The van der Waals surface area contributed by atoms with Gasteiger partial charge in [-0.15, -0.1) is 22.7 Å². The van der Waals surface area contributed by atoms with E-state index in [1.165, 1.54) is 11.3 Å². The molecule has 0 saturated carbocycles. The van der Waals surface area contributed by atoms with E-state index in [1.807, 2.05) is 5.38 Å². The highest BCUT2D eigenvalue weighted by Gasteiger charge is 2.09. The fraction of sp³-hybridized carbons (Fsp3) is 0.250. The summed E-state index contributed by atoms with van der Waals surface area (Å²) in [7, 11) is 0. The molecule has 0 aliphatic rings. The van der Waals surface area contributed by atoms with Gasteiger partial charge in [0.05, 0.1) is 16.5 Å². The molecule has 0 amide bonds. The zero-order valence-electron chi connectivity index (χ0n) is 6.97. The minimum absolute atomic E-state index is 0.440. The maximum Gasteiger partial charge on any atom is 0.142 e. The number of thiazole rings is 2. The van der Waals surface area contributed by atoms with Crippen molar-refractivity contribution in [2.75, 3.05) is 0 Å². The Bertz CT molecular complexity index is 381. The summed E-state index contributed by atoms with van der Waals surface area (Å²) >= 11 is 3.03. The Morgan fingerprint density at radius 3 is 2.85 bits per heavy atom. The lowest BCUT2D eigenvalue weighted by molar-refractivity contribution is 0.203.